The number of hydrogen-bond donors (Lipinski definition) is 1. The molecule has 0 unspecified atom stereocenters. The van der Waals surface area contributed by atoms with Crippen molar-refractivity contribution in [2.24, 2.45) is 0 Å². The monoisotopic (exact) mass is 440 g/mol. The number of carbonyl (C=O) groups is 2. The maximum Gasteiger partial charge on any atom is 0.249 e. The summed E-state index contributed by atoms with van der Waals surface area (Å²) in [5.74, 6) is -1.91. The summed E-state index contributed by atoms with van der Waals surface area (Å²) in [6, 6.07) is 24.6. The minimum atomic E-state index is -1.39. The molecule has 0 aliphatic carbocycles. The van der Waals surface area contributed by atoms with Gasteiger partial charge in [0, 0.05) is 54.9 Å². The second-order valence-electron chi connectivity index (χ2n) is 8.06. The topological polar surface area (TPSA) is 75.7 Å². The number of nitrogens with one attached hydrogen (secondary N) is 1. The third kappa shape index (κ3) is 5.60. The van der Waals surface area contributed by atoms with Crippen molar-refractivity contribution >= 4 is 34.5 Å². The number of rotatable bonds is 6. The lowest BCUT2D eigenvalue weighted by molar-refractivity contribution is -0.295. The molecule has 6 heteroatoms. The van der Waals surface area contributed by atoms with Crippen molar-refractivity contribution in [3.63, 3.8) is 0 Å². The fraction of sp³-hybridized carbons (Fsp3) is 0.185. The molecule has 3 aromatic rings. The van der Waals surface area contributed by atoms with Crippen molar-refractivity contribution in [2.75, 3.05) is 41.3 Å². The number of aryl methyl sites for hydroxylation is 1. The Balaban J connectivity index is 1.36. The van der Waals surface area contributed by atoms with E-state index in [-0.39, 0.29) is 5.57 Å². The van der Waals surface area contributed by atoms with Gasteiger partial charge in [0.2, 0.25) is 5.91 Å². The van der Waals surface area contributed by atoms with E-state index in [1.54, 1.807) is 30.3 Å². The Hall–Kier alpha value is -4.06. The molecule has 168 valence electrons. The maximum atomic E-state index is 12.4. The van der Waals surface area contributed by atoms with E-state index in [4.69, 9.17) is 0 Å². The maximum absolute atomic E-state index is 12.4. The molecule has 0 saturated carbocycles. The summed E-state index contributed by atoms with van der Waals surface area (Å²) in [5.41, 5.74) is 4.48. The lowest BCUT2D eigenvalue weighted by atomic mass is 10.1. The molecule has 0 aromatic heterocycles. The largest absolute Gasteiger partial charge is 0.545 e. The van der Waals surface area contributed by atoms with Gasteiger partial charge in [-0.25, -0.2) is 0 Å². The van der Waals surface area contributed by atoms with Crippen molar-refractivity contribution in [2.45, 2.75) is 6.92 Å². The molecule has 33 heavy (non-hydrogen) atoms. The predicted octanol–water partition coefficient (Wildman–Crippen LogP) is 3.09. The van der Waals surface area contributed by atoms with Crippen LogP contribution in [0, 0.1) is 6.92 Å². The van der Waals surface area contributed by atoms with Gasteiger partial charge in [0.1, 0.15) is 0 Å². The van der Waals surface area contributed by atoms with Crippen molar-refractivity contribution < 1.29 is 14.7 Å². The molecule has 1 aliphatic rings. The van der Waals surface area contributed by atoms with E-state index < -0.39 is 11.9 Å². The molecule has 0 bridgehead atoms. The van der Waals surface area contributed by atoms with Crippen LogP contribution in [0.4, 0.5) is 17.1 Å². The number of piperazine rings is 1. The number of nitrogens with zero attached hydrogens (tertiary/aromatic N) is 2. The Labute approximate surface area is 193 Å². The van der Waals surface area contributed by atoms with Gasteiger partial charge in [0.25, 0.3) is 0 Å². The Morgan fingerprint density at radius 1 is 0.818 bits per heavy atom. The number of benzene rings is 3. The van der Waals surface area contributed by atoms with Crippen molar-refractivity contribution in [1.29, 1.82) is 0 Å². The number of carboxylic acid groups (broad SMARTS) is 1. The summed E-state index contributed by atoms with van der Waals surface area (Å²) < 4.78 is 0. The zero-order valence-corrected chi connectivity index (χ0v) is 18.5. The lowest BCUT2D eigenvalue weighted by Crippen LogP contribution is -2.46. The molecule has 1 saturated heterocycles. The molecule has 1 aliphatic heterocycles. The molecular weight excluding hydrogens is 414 g/mol. The summed E-state index contributed by atoms with van der Waals surface area (Å²) in [6.45, 7) is 5.82. The first-order chi connectivity index (χ1) is 16.0. The Kier molecular flexibility index (Phi) is 6.74. The van der Waals surface area contributed by atoms with Crippen LogP contribution in [0.1, 0.15) is 11.1 Å². The number of aliphatic carboxylic acids is 1. The molecule has 6 nitrogen and oxygen atoms in total. The van der Waals surface area contributed by atoms with Gasteiger partial charge in [-0.05, 0) is 54.4 Å². The van der Waals surface area contributed by atoms with Crippen LogP contribution in [-0.2, 0) is 9.59 Å². The summed E-state index contributed by atoms with van der Waals surface area (Å²) in [6.07, 6.45) is 1.06. The number of hydrogen-bond acceptors (Lipinski definition) is 5. The average molecular weight is 441 g/mol. The first-order valence-electron chi connectivity index (χ1n) is 11.0. The van der Waals surface area contributed by atoms with Crippen LogP contribution in [0.2, 0.25) is 0 Å². The summed E-state index contributed by atoms with van der Waals surface area (Å²) in [5, 5.41) is 14.2. The van der Waals surface area contributed by atoms with Crippen LogP contribution in [0.3, 0.4) is 0 Å². The van der Waals surface area contributed by atoms with E-state index >= 15 is 0 Å². The highest BCUT2D eigenvalue weighted by atomic mass is 16.4. The fourth-order valence-corrected chi connectivity index (χ4v) is 3.99. The second kappa shape index (κ2) is 10.0. The molecular formula is C27H26N3O3-. The lowest BCUT2D eigenvalue weighted by Gasteiger charge is -2.37. The van der Waals surface area contributed by atoms with Gasteiger partial charge in [-0.2, -0.15) is 0 Å². The third-order valence-electron chi connectivity index (χ3n) is 5.73. The molecule has 1 heterocycles. The minimum absolute atomic E-state index is 0.156. The highest BCUT2D eigenvalue weighted by Crippen LogP contribution is 2.23. The van der Waals surface area contributed by atoms with Gasteiger partial charge in [-0.3, -0.25) is 4.79 Å². The zero-order valence-electron chi connectivity index (χ0n) is 18.5. The van der Waals surface area contributed by atoms with Gasteiger partial charge >= 0.3 is 0 Å². The highest BCUT2D eigenvalue weighted by Gasteiger charge is 2.17. The fourth-order valence-electron chi connectivity index (χ4n) is 3.99. The molecule has 0 radical (unpaired) electrons. The predicted molar refractivity (Wildman–Crippen MR) is 130 cm³/mol. The van der Waals surface area contributed by atoms with Crippen LogP contribution >= 0.6 is 0 Å². The van der Waals surface area contributed by atoms with E-state index in [9.17, 15) is 14.7 Å². The van der Waals surface area contributed by atoms with Crippen molar-refractivity contribution in [3.05, 3.63) is 96.1 Å². The number of carbonyl (C=O) groups excluding carboxylic acids is 2. The standard InChI is InChI=1S/C27H27N3O3/c1-20-6-5-9-24(18-20)30-16-14-29(15-17-30)23-12-10-22(11-13-23)28-26(31)19-25(27(32)33)21-7-3-2-4-8-21/h2-13,18-19H,14-17H2,1H3,(H,28,31)(H,32,33)/p-1/b25-19+. The smallest absolute Gasteiger partial charge is 0.249 e. The minimum Gasteiger partial charge on any atom is -0.545 e. The molecule has 3 aromatic carbocycles. The van der Waals surface area contributed by atoms with E-state index in [0.29, 0.717) is 11.3 Å². The highest BCUT2D eigenvalue weighted by molar-refractivity contribution is 6.21. The van der Waals surface area contributed by atoms with Gasteiger partial charge in [0.05, 0.1) is 5.97 Å². The van der Waals surface area contributed by atoms with Gasteiger partial charge in [0.15, 0.2) is 0 Å². The van der Waals surface area contributed by atoms with Crippen molar-refractivity contribution in [1.82, 2.24) is 0 Å². The molecule has 1 N–H and O–H groups in total. The van der Waals surface area contributed by atoms with Crippen LogP contribution in [-0.4, -0.2) is 38.1 Å². The summed E-state index contributed by atoms with van der Waals surface area (Å²) >= 11 is 0. The Morgan fingerprint density at radius 3 is 2.06 bits per heavy atom. The normalized spacial score (nSPS) is 14.2. The van der Waals surface area contributed by atoms with E-state index in [0.717, 1.165) is 37.9 Å². The van der Waals surface area contributed by atoms with Gasteiger partial charge in [-0.15, -0.1) is 0 Å². The summed E-state index contributed by atoms with van der Waals surface area (Å²) in [4.78, 5) is 28.6. The third-order valence-corrected chi connectivity index (χ3v) is 5.73. The van der Waals surface area contributed by atoms with Crippen LogP contribution in [0.15, 0.2) is 84.9 Å². The van der Waals surface area contributed by atoms with E-state index in [1.165, 1.54) is 11.3 Å². The zero-order chi connectivity index (χ0) is 23.2. The van der Waals surface area contributed by atoms with Crippen molar-refractivity contribution in [3.8, 4) is 0 Å². The SMILES string of the molecule is Cc1cccc(N2CCN(c3ccc(NC(=O)/C=C(/C(=O)[O-])c4ccccc4)cc3)CC2)c1. The number of anilines is 3. The Bertz CT molecular complexity index is 1150. The molecule has 0 spiro atoms. The quantitative estimate of drug-likeness (QED) is 0.596. The Morgan fingerprint density at radius 2 is 1.45 bits per heavy atom. The molecule has 1 amide bonds. The van der Waals surface area contributed by atoms with E-state index in [2.05, 4.69) is 46.3 Å². The van der Waals surface area contributed by atoms with E-state index in [1.807, 2.05) is 24.3 Å². The molecule has 1 fully saturated rings. The molecule has 4 rings (SSSR count). The van der Waals surface area contributed by atoms with Crippen LogP contribution < -0.4 is 20.2 Å². The van der Waals surface area contributed by atoms with Gasteiger partial charge in [-0.1, -0.05) is 42.5 Å². The number of carboxylic acids is 1. The average Bonchev–Trinajstić information content (AvgIpc) is 2.83. The first-order valence-corrected chi connectivity index (χ1v) is 11.0. The van der Waals surface area contributed by atoms with Gasteiger partial charge < -0.3 is 25.0 Å². The summed E-state index contributed by atoms with van der Waals surface area (Å²) in [7, 11) is 0. The van der Waals surface area contributed by atoms with Crippen LogP contribution in [0.5, 0.6) is 0 Å². The second-order valence-corrected chi connectivity index (χ2v) is 8.06. The molecule has 0 atom stereocenters. The number of amides is 1. The van der Waals surface area contributed by atoms with Crippen LogP contribution in [0.25, 0.3) is 5.57 Å². The first kappa shape index (κ1) is 22.1.